The van der Waals surface area contributed by atoms with E-state index in [9.17, 15) is 4.55 Å². The lowest BCUT2D eigenvalue weighted by molar-refractivity contribution is 0.617. The van der Waals surface area contributed by atoms with E-state index in [1.54, 1.807) is 0 Å². The molecule has 6 heavy (non-hydrogen) atoms. The zero-order valence-electron chi connectivity index (χ0n) is 3.64. The molecule has 0 bridgehead atoms. The Kier molecular flexibility index (Phi) is 5.34. The highest BCUT2D eigenvalue weighted by Crippen LogP contribution is 1.95. The van der Waals surface area contributed by atoms with Crippen molar-refractivity contribution in [2.24, 2.45) is 0 Å². The van der Waals surface area contributed by atoms with E-state index in [1.165, 1.54) is 0 Å². The fourth-order valence-corrected chi connectivity index (χ4v) is 0.483. The van der Waals surface area contributed by atoms with E-state index in [0.717, 1.165) is 12.8 Å². The summed E-state index contributed by atoms with van der Waals surface area (Å²) < 4.78 is 9.58. The van der Waals surface area contributed by atoms with Gasteiger partial charge in [0.25, 0.3) is 0 Å². The zero-order valence-corrected chi connectivity index (χ0v) is 4.46. The third-order valence-electron chi connectivity index (χ3n) is 0.478. The molecule has 2 heteroatoms. The van der Waals surface area contributed by atoms with Crippen molar-refractivity contribution in [3.05, 3.63) is 6.92 Å². The quantitative estimate of drug-likeness (QED) is 0.307. The Morgan fingerprint density at radius 3 is 2.50 bits per heavy atom. The predicted octanol–water partition coefficient (Wildman–Crippen LogP) is 1.46. The first-order valence-corrected chi connectivity index (χ1v) is 2.87. The van der Waals surface area contributed by atoms with Crippen LogP contribution in [0.15, 0.2) is 0 Å². The molecule has 0 rings (SSSR count). The Labute approximate surface area is 43.0 Å². The minimum Gasteiger partial charge on any atom is -0.799 e. The van der Waals surface area contributed by atoms with Crippen molar-refractivity contribution in [2.45, 2.75) is 12.8 Å². The van der Waals surface area contributed by atoms with E-state index >= 15 is 0 Å². The van der Waals surface area contributed by atoms with Gasteiger partial charge in [-0.25, -0.2) is 0 Å². The number of hydrogen-bond donors (Lipinski definition) is 0. The van der Waals surface area contributed by atoms with Crippen LogP contribution in [-0.2, 0) is 0 Å². The molecule has 0 radical (unpaired) electrons. The molecule has 0 unspecified atom stereocenters. The summed E-state index contributed by atoms with van der Waals surface area (Å²) in [5.74, 6) is 0.712. The molecule has 0 aliphatic heterocycles. The Morgan fingerprint density at radius 1 is 1.67 bits per heavy atom. The summed E-state index contributed by atoms with van der Waals surface area (Å²) in [6.07, 6.45) is 1.84. The maximum Gasteiger partial charge on any atom is 0.0858 e. The summed E-state index contributed by atoms with van der Waals surface area (Å²) in [6, 6.07) is 0. The van der Waals surface area contributed by atoms with E-state index in [4.69, 9.17) is 0 Å². The van der Waals surface area contributed by atoms with Crippen LogP contribution in [0.2, 0.25) is 0 Å². The molecule has 0 aromatic carbocycles. The Morgan fingerprint density at radius 2 is 2.33 bits per heavy atom. The largest absolute Gasteiger partial charge is 0.799 e. The molecule has 0 aromatic heterocycles. The van der Waals surface area contributed by atoms with Crippen LogP contribution in [0.5, 0.6) is 0 Å². The second-order valence-corrected chi connectivity index (χ2v) is 1.67. The molecule has 0 N–H and O–H groups in total. The van der Waals surface area contributed by atoms with Crippen LogP contribution >= 0.6 is 12.0 Å². The van der Waals surface area contributed by atoms with Gasteiger partial charge in [-0.3, -0.25) is 12.0 Å². The van der Waals surface area contributed by atoms with Gasteiger partial charge in [-0.2, -0.15) is 0 Å². The minimum absolute atomic E-state index is 0.636. The van der Waals surface area contributed by atoms with Crippen molar-refractivity contribution in [1.29, 1.82) is 0 Å². The van der Waals surface area contributed by atoms with Crippen molar-refractivity contribution >= 4 is 12.0 Å². The second kappa shape index (κ2) is 5.18. The van der Waals surface area contributed by atoms with Gasteiger partial charge < -0.3 is 4.55 Å². The summed E-state index contributed by atoms with van der Waals surface area (Å²) in [6.45, 7) is 3.57. The van der Waals surface area contributed by atoms with Crippen molar-refractivity contribution in [2.75, 3.05) is 5.75 Å². The highest BCUT2D eigenvalue weighted by molar-refractivity contribution is 7.93. The first-order valence-electron chi connectivity index (χ1n) is 1.96. The van der Waals surface area contributed by atoms with Gasteiger partial charge >= 0.3 is 0 Å². The van der Waals surface area contributed by atoms with Gasteiger partial charge in [0.15, 0.2) is 0 Å². The van der Waals surface area contributed by atoms with E-state index in [2.05, 4.69) is 6.92 Å². The molecule has 1 nitrogen and oxygen atoms in total. The fourth-order valence-electron chi connectivity index (χ4n) is 0.161. The number of hydrogen-bond acceptors (Lipinski definition) is 2. The average molecular weight is 104 g/mol. The van der Waals surface area contributed by atoms with Crippen LogP contribution in [-0.4, -0.2) is 10.3 Å². The molecule has 0 amide bonds. The summed E-state index contributed by atoms with van der Waals surface area (Å²) in [5, 5.41) is 0. The third kappa shape index (κ3) is 4.18. The minimum atomic E-state index is 0.636. The highest BCUT2D eigenvalue weighted by Gasteiger charge is 1.77. The smallest absolute Gasteiger partial charge is 0.0858 e. The fraction of sp³-hybridized carbons (Fsp3) is 0.750. The van der Waals surface area contributed by atoms with Crippen LogP contribution in [0, 0.1) is 6.92 Å². The number of rotatable bonds is 3. The molecule has 0 aromatic rings. The predicted molar refractivity (Wildman–Crippen MR) is 27.8 cm³/mol. The molecular weight excluding hydrogens is 96.1 g/mol. The lowest BCUT2D eigenvalue weighted by Crippen LogP contribution is -1.72. The molecule has 0 aliphatic rings. The molecule has 0 saturated heterocycles. The van der Waals surface area contributed by atoms with Gasteiger partial charge in [-0.15, -0.1) is 0 Å². The molecule has 0 fully saturated rings. The molecule has 0 heterocycles. The van der Waals surface area contributed by atoms with E-state index in [1.807, 2.05) is 0 Å². The van der Waals surface area contributed by atoms with Gasteiger partial charge in [0.05, 0.1) is 13.3 Å². The van der Waals surface area contributed by atoms with Gasteiger partial charge in [0.1, 0.15) is 0 Å². The molecule has 0 saturated carbocycles. The average Bonchev–Trinajstić information content (AvgIpc) is 1.61. The van der Waals surface area contributed by atoms with Crippen LogP contribution in [0.3, 0.4) is 0 Å². The normalized spacial score (nSPS) is 8.83. The van der Waals surface area contributed by atoms with E-state index in [-0.39, 0.29) is 0 Å². The van der Waals surface area contributed by atoms with Crippen LogP contribution in [0.1, 0.15) is 12.8 Å². The molecule has 0 atom stereocenters. The molecular formula is C4H8OS. The second-order valence-electron chi connectivity index (χ2n) is 1.03. The first-order chi connectivity index (χ1) is 2.91. The Balaban J connectivity index is 2.34. The Hall–Kier alpha value is 0.180. The topological polar surface area (TPSA) is 23.1 Å². The zero-order chi connectivity index (χ0) is 4.83. The van der Waals surface area contributed by atoms with Gasteiger partial charge in [-0.05, 0) is 12.2 Å². The van der Waals surface area contributed by atoms with Crippen molar-refractivity contribution in [3.63, 3.8) is 0 Å². The van der Waals surface area contributed by atoms with Crippen LogP contribution in [0.25, 0.3) is 0 Å². The molecule has 0 spiro atoms. The first kappa shape index (κ1) is 6.18. The van der Waals surface area contributed by atoms with Crippen molar-refractivity contribution < 1.29 is 4.55 Å². The van der Waals surface area contributed by atoms with Gasteiger partial charge in [0, 0.05) is 0 Å². The lowest BCUT2D eigenvalue weighted by atomic mass is 10.4. The number of unbranched alkanes of at least 4 members (excludes halogenated alkanes) is 1. The van der Waals surface area contributed by atoms with E-state index < -0.39 is 0 Å². The summed E-state index contributed by atoms with van der Waals surface area (Å²) in [4.78, 5) is 0. The van der Waals surface area contributed by atoms with E-state index in [0.29, 0.717) is 17.8 Å². The molecule has 0 aliphatic carbocycles. The summed E-state index contributed by atoms with van der Waals surface area (Å²) >= 11 is 0.636. The standard InChI is InChI=1S/C4H8OS/c1-2-3-4-6-5/h1-4H2. The van der Waals surface area contributed by atoms with Crippen molar-refractivity contribution in [1.82, 2.24) is 0 Å². The van der Waals surface area contributed by atoms with Gasteiger partial charge in [-0.1, -0.05) is 0 Å². The van der Waals surface area contributed by atoms with Crippen LogP contribution < -0.4 is 0 Å². The third-order valence-corrected chi connectivity index (χ3v) is 0.933. The summed E-state index contributed by atoms with van der Waals surface area (Å²) in [7, 11) is 0. The maximum absolute atomic E-state index is 9.58. The van der Waals surface area contributed by atoms with Crippen LogP contribution in [0.4, 0.5) is 0 Å². The van der Waals surface area contributed by atoms with Crippen molar-refractivity contribution in [3.8, 4) is 0 Å². The monoisotopic (exact) mass is 104 g/mol. The van der Waals surface area contributed by atoms with Gasteiger partial charge in [0.2, 0.25) is 0 Å². The lowest BCUT2D eigenvalue weighted by Gasteiger charge is -1.96. The SMILES string of the molecule is [CH2+]CCCS[O-]. The summed E-state index contributed by atoms with van der Waals surface area (Å²) in [5.41, 5.74) is 0. The molecule has 36 valence electrons. The Bertz CT molecular complexity index is 19.5. The maximum atomic E-state index is 9.58. The highest BCUT2D eigenvalue weighted by atomic mass is 32.2.